The first kappa shape index (κ1) is 15.8. The molecule has 1 aliphatic rings. The minimum atomic E-state index is 0.0427. The number of likely N-dealkylation sites (N-methyl/N-ethyl adjacent to an activating group) is 1. The van der Waals surface area contributed by atoms with Crippen LogP contribution in [0.1, 0.15) is 18.4 Å². The van der Waals surface area contributed by atoms with Gasteiger partial charge in [0, 0.05) is 33.3 Å². The monoisotopic (exact) mass is 292 g/mol. The second-order valence-corrected chi connectivity index (χ2v) is 5.34. The fourth-order valence-corrected chi connectivity index (χ4v) is 2.06. The molecule has 2 rings (SSSR count). The van der Waals surface area contributed by atoms with Gasteiger partial charge in [0.15, 0.2) is 6.61 Å². The minimum absolute atomic E-state index is 0.0427. The van der Waals surface area contributed by atoms with Gasteiger partial charge in [-0.05, 0) is 30.5 Å². The number of methoxy groups -OCH3 is 1. The summed E-state index contributed by atoms with van der Waals surface area (Å²) in [7, 11) is 3.53. The van der Waals surface area contributed by atoms with E-state index in [9.17, 15) is 4.79 Å². The predicted octanol–water partition coefficient (Wildman–Crippen LogP) is 1.42. The molecule has 5 heteroatoms. The summed E-state index contributed by atoms with van der Waals surface area (Å²) in [5.41, 5.74) is 1.13. The fraction of sp³-hybridized carbons (Fsp3) is 0.562. The zero-order valence-electron chi connectivity index (χ0n) is 12.8. The van der Waals surface area contributed by atoms with Crippen molar-refractivity contribution in [3.63, 3.8) is 0 Å². The molecule has 0 saturated heterocycles. The van der Waals surface area contributed by atoms with Gasteiger partial charge in [-0.25, -0.2) is 0 Å². The summed E-state index contributed by atoms with van der Waals surface area (Å²) in [5, 5.41) is 3.28. The van der Waals surface area contributed by atoms with Gasteiger partial charge in [-0.3, -0.25) is 4.79 Å². The van der Waals surface area contributed by atoms with Crippen molar-refractivity contribution in [1.29, 1.82) is 0 Å². The van der Waals surface area contributed by atoms with E-state index in [1.54, 1.807) is 12.0 Å². The number of nitrogens with zero attached hydrogens (tertiary/aromatic N) is 1. The molecule has 0 aromatic heterocycles. The molecule has 0 aliphatic heterocycles. The number of carbonyl (C=O) groups excluding carboxylic acids is 1. The van der Waals surface area contributed by atoms with Crippen molar-refractivity contribution < 1.29 is 14.3 Å². The highest BCUT2D eigenvalue weighted by Gasteiger charge is 2.29. The molecule has 0 spiro atoms. The zero-order valence-corrected chi connectivity index (χ0v) is 12.8. The Kier molecular flexibility index (Phi) is 6.02. The predicted molar refractivity (Wildman–Crippen MR) is 81.3 cm³/mol. The van der Waals surface area contributed by atoms with Gasteiger partial charge in [-0.2, -0.15) is 0 Å². The number of nitrogens with one attached hydrogen (secondary N) is 1. The van der Waals surface area contributed by atoms with Crippen molar-refractivity contribution in [2.75, 3.05) is 33.9 Å². The average molecular weight is 292 g/mol. The maximum absolute atomic E-state index is 11.9. The Morgan fingerprint density at radius 2 is 2.24 bits per heavy atom. The number of carbonyl (C=O) groups is 1. The lowest BCUT2D eigenvalue weighted by atomic mass is 10.2. The lowest BCUT2D eigenvalue weighted by Gasteiger charge is -2.16. The van der Waals surface area contributed by atoms with Crippen molar-refractivity contribution in [3.05, 3.63) is 29.8 Å². The second-order valence-electron chi connectivity index (χ2n) is 5.34. The van der Waals surface area contributed by atoms with Crippen LogP contribution in [0.4, 0.5) is 0 Å². The van der Waals surface area contributed by atoms with E-state index in [0.717, 1.165) is 37.2 Å². The van der Waals surface area contributed by atoms with Crippen molar-refractivity contribution in [1.82, 2.24) is 10.2 Å². The normalized spacial score (nSPS) is 14.0. The molecule has 1 aliphatic carbocycles. The second kappa shape index (κ2) is 8.00. The summed E-state index contributed by atoms with van der Waals surface area (Å²) in [6, 6.07) is 8.24. The smallest absolute Gasteiger partial charge is 0.260 e. The van der Waals surface area contributed by atoms with Gasteiger partial charge in [0.05, 0.1) is 6.61 Å². The molecule has 1 N–H and O–H groups in total. The Labute approximate surface area is 126 Å². The van der Waals surface area contributed by atoms with Gasteiger partial charge in [-0.1, -0.05) is 12.1 Å². The molecule has 0 radical (unpaired) electrons. The van der Waals surface area contributed by atoms with Crippen molar-refractivity contribution in [2.24, 2.45) is 0 Å². The summed E-state index contributed by atoms with van der Waals surface area (Å²) < 4.78 is 10.6. The minimum Gasteiger partial charge on any atom is -0.484 e. The Bertz CT molecular complexity index is 461. The Morgan fingerprint density at radius 3 is 2.95 bits per heavy atom. The lowest BCUT2D eigenvalue weighted by Crippen LogP contribution is -2.33. The maximum atomic E-state index is 11.9. The first-order valence-electron chi connectivity index (χ1n) is 7.37. The van der Waals surface area contributed by atoms with Gasteiger partial charge in [-0.15, -0.1) is 0 Å². The highest BCUT2D eigenvalue weighted by molar-refractivity contribution is 5.78. The van der Waals surface area contributed by atoms with Gasteiger partial charge < -0.3 is 19.7 Å². The molecule has 0 atom stereocenters. The summed E-state index contributed by atoms with van der Waals surface area (Å²) in [6.07, 6.45) is 2.23. The third-order valence-electron chi connectivity index (χ3n) is 3.56. The molecule has 1 aromatic rings. The van der Waals surface area contributed by atoms with E-state index in [4.69, 9.17) is 9.47 Å². The molecule has 0 unspecified atom stereocenters. The molecule has 1 fully saturated rings. The summed E-state index contributed by atoms with van der Waals surface area (Å²) >= 11 is 0. The molecule has 5 nitrogen and oxygen atoms in total. The van der Waals surface area contributed by atoms with Crippen molar-refractivity contribution >= 4 is 5.91 Å². The molecule has 1 amide bonds. The molecule has 1 saturated carbocycles. The fourth-order valence-electron chi connectivity index (χ4n) is 2.06. The standard InChI is InChI=1S/C16H24N2O3/c1-18(14-6-7-14)16(19)12-21-15-5-3-4-13(10-15)11-17-8-9-20-2/h3-5,10,14,17H,6-9,11-12H2,1-2H3. The number of amides is 1. The van der Waals surface area contributed by atoms with E-state index in [2.05, 4.69) is 5.32 Å². The molecular formula is C16H24N2O3. The highest BCUT2D eigenvalue weighted by atomic mass is 16.5. The van der Waals surface area contributed by atoms with Crippen LogP contribution in [0, 0.1) is 0 Å². The number of benzene rings is 1. The maximum Gasteiger partial charge on any atom is 0.260 e. The number of rotatable bonds is 9. The van der Waals surface area contributed by atoms with Crippen LogP contribution in [-0.4, -0.2) is 50.8 Å². The molecule has 21 heavy (non-hydrogen) atoms. The summed E-state index contributed by atoms with van der Waals surface area (Å²) in [4.78, 5) is 13.7. The van der Waals surface area contributed by atoms with Crippen LogP contribution in [0.2, 0.25) is 0 Å². The Hall–Kier alpha value is -1.59. The number of hydrogen-bond acceptors (Lipinski definition) is 4. The Morgan fingerprint density at radius 1 is 1.43 bits per heavy atom. The van der Waals surface area contributed by atoms with Crippen LogP contribution in [0.15, 0.2) is 24.3 Å². The van der Waals surface area contributed by atoms with Crippen molar-refractivity contribution in [3.8, 4) is 5.75 Å². The molecule has 1 aromatic carbocycles. The quantitative estimate of drug-likeness (QED) is 0.699. The number of hydrogen-bond donors (Lipinski definition) is 1. The van der Waals surface area contributed by atoms with Gasteiger partial charge in [0.25, 0.3) is 5.91 Å². The summed E-state index contributed by atoms with van der Waals surface area (Å²) in [5.74, 6) is 0.778. The third kappa shape index (κ3) is 5.36. The highest BCUT2D eigenvalue weighted by Crippen LogP contribution is 2.25. The van der Waals surface area contributed by atoms with E-state index < -0.39 is 0 Å². The van der Waals surface area contributed by atoms with Crippen LogP contribution < -0.4 is 10.1 Å². The third-order valence-corrected chi connectivity index (χ3v) is 3.56. The van der Waals surface area contributed by atoms with E-state index in [1.165, 1.54) is 0 Å². The topological polar surface area (TPSA) is 50.8 Å². The van der Waals surface area contributed by atoms with E-state index in [0.29, 0.717) is 12.6 Å². The Balaban J connectivity index is 1.76. The first-order chi connectivity index (χ1) is 10.2. The van der Waals surface area contributed by atoms with Crippen LogP contribution in [0.3, 0.4) is 0 Å². The number of ether oxygens (including phenoxy) is 2. The van der Waals surface area contributed by atoms with E-state index in [1.807, 2.05) is 31.3 Å². The van der Waals surface area contributed by atoms with Gasteiger partial charge in [0.2, 0.25) is 0 Å². The lowest BCUT2D eigenvalue weighted by molar-refractivity contribution is -0.132. The van der Waals surface area contributed by atoms with Crippen LogP contribution in [0.5, 0.6) is 5.75 Å². The van der Waals surface area contributed by atoms with Crippen LogP contribution >= 0.6 is 0 Å². The zero-order chi connectivity index (χ0) is 15.1. The van der Waals surface area contributed by atoms with Crippen LogP contribution in [0.25, 0.3) is 0 Å². The van der Waals surface area contributed by atoms with Crippen molar-refractivity contribution in [2.45, 2.75) is 25.4 Å². The summed E-state index contributed by atoms with van der Waals surface area (Å²) in [6.45, 7) is 2.37. The molecule has 0 heterocycles. The largest absolute Gasteiger partial charge is 0.484 e. The van der Waals surface area contributed by atoms with E-state index in [-0.39, 0.29) is 12.5 Å². The van der Waals surface area contributed by atoms with Crippen LogP contribution in [-0.2, 0) is 16.1 Å². The molecule has 116 valence electrons. The average Bonchev–Trinajstić information content (AvgIpc) is 3.34. The molecule has 0 bridgehead atoms. The SMILES string of the molecule is COCCNCc1cccc(OCC(=O)N(C)C2CC2)c1. The van der Waals surface area contributed by atoms with Gasteiger partial charge >= 0.3 is 0 Å². The molecular weight excluding hydrogens is 268 g/mol. The first-order valence-corrected chi connectivity index (χ1v) is 7.37. The van der Waals surface area contributed by atoms with Gasteiger partial charge in [0.1, 0.15) is 5.75 Å². The van der Waals surface area contributed by atoms with E-state index >= 15 is 0 Å².